The normalized spacial score (nSPS) is 7.00. The van der Waals surface area contributed by atoms with Crippen LogP contribution >= 0.6 is 0 Å². The fourth-order valence-corrected chi connectivity index (χ4v) is 0.156. The van der Waals surface area contributed by atoms with Crippen LogP contribution in [0.5, 0.6) is 0 Å². The van der Waals surface area contributed by atoms with Crippen LogP contribution in [0.3, 0.4) is 0 Å². The summed E-state index contributed by atoms with van der Waals surface area (Å²) in [4.78, 5) is 9.48. The summed E-state index contributed by atoms with van der Waals surface area (Å²) >= 11 is 0. The van der Waals surface area contributed by atoms with E-state index in [-0.39, 0.29) is 64.0 Å². The first-order valence-electron chi connectivity index (χ1n) is 1.65. The molecule has 0 amide bonds. The summed E-state index contributed by atoms with van der Waals surface area (Å²) in [7, 11) is 0. The number of aliphatic carboxylic acids is 1. The van der Waals surface area contributed by atoms with Gasteiger partial charge in [-0.25, -0.2) is 0 Å². The molecule has 8 heavy (non-hydrogen) atoms. The van der Waals surface area contributed by atoms with Crippen LogP contribution in [0.4, 0.5) is 0 Å². The fraction of sp³-hybridized carbons (Fsp3) is 0.333. The summed E-state index contributed by atoms with van der Waals surface area (Å²) in [6.07, 6.45) is -0.472. The molecule has 0 saturated heterocycles. The second kappa shape index (κ2) is 5.87. The molecule has 0 atom stereocenters. The number of carbonyl (C=O) groups excluding carboxylic acids is 1. The first-order chi connectivity index (χ1) is 3.13. The molecule has 5 heteroatoms. The number of amidine groups is 1. The van der Waals surface area contributed by atoms with Crippen molar-refractivity contribution in [3.8, 4) is 0 Å². The van der Waals surface area contributed by atoms with Crippen molar-refractivity contribution in [2.45, 2.75) is 6.42 Å². The number of carboxylic acid groups (broad SMARTS) is 1. The van der Waals surface area contributed by atoms with Crippen molar-refractivity contribution in [3.63, 3.8) is 0 Å². The van der Waals surface area contributed by atoms with Crippen molar-refractivity contribution >= 4 is 11.8 Å². The quantitative estimate of drug-likeness (QED) is 0.335. The predicted octanol–water partition coefficient (Wildman–Crippen LogP) is -4.93. The van der Waals surface area contributed by atoms with Crippen molar-refractivity contribution in [1.82, 2.24) is 0 Å². The van der Waals surface area contributed by atoms with Gasteiger partial charge in [0, 0.05) is 12.4 Å². The van der Waals surface area contributed by atoms with Gasteiger partial charge in [0.15, 0.2) is 0 Å². The van der Waals surface area contributed by atoms with Crippen LogP contribution < -0.4 is 69.0 Å². The third-order valence-corrected chi connectivity index (χ3v) is 0.335. The van der Waals surface area contributed by atoms with Crippen LogP contribution in [0.2, 0.25) is 0 Å². The first kappa shape index (κ1) is 11.5. The Labute approximate surface area is 95.7 Å². The van der Waals surface area contributed by atoms with Gasteiger partial charge in [0.05, 0.1) is 5.84 Å². The van der Waals surface area contributed by atoms with Crippen LogP contribution in [0.1, 0.15) is 6.42 Å². The maximum absolute atomic E-state index is 9.48. The van der Waals surface area contributed by atoms with Crippen LogP contribution in [0.15, 0.2) is 0 Å². The van der Waals surface area contributed by atoms with E-state index < -0.39 is 12.4 Å². The summed E-state index contributed by atoms with van der Waals surface area (Å²) in [6, 6.07) is 0. The van der Waals surface area contributed by atoms with E-state index in [1.54, 1.807) is 0 Å². The number of rotatable bonds is 2. The van der Waals surface area contributed by atoms with Crippen molar-refractivity contribution in [3.05, 3.63) is 0 Å². The summed E-state index contributed by atoms with van der Waals surface area (Å²) in [5, 5.41) is 15.9. The molecule has 0 bridgehead atoms. The van der Waals surface area contributed by atoms with E-state index in [0.29, 0.717) is 0 Å². The molecule has 40 valence electrons. The summed E-state index contributed by atoms with van der Waals surface area (Å²) in [6.45, 7) is 0. The molecule has 0 aromatic carbocycles. The minimum atomic E-state index is -1.31. The SMILES string of the molecule is N=C(N)CC(=O)[O-].[Rb+]. The molecular weight excluding hydrogens is 182 g/mol. The van der Waals surface area contributed by atoms with Crippen molar-refractivity contribution in [1.29, 1.82) is 5.41 Å². The van der Waals surface area contributed by atoms with Crippen molar-refractivity contribution in [2.75, 3.05) is 0 Å². The van der Waals surface area contributed by atoms with Crippen LogP contribution in [-0.4, -0.2) is 11.8 Å². The van der Waals surface area contributed by atoms with Gasteiger partial charge in [-0.05, 0) is 0 Å². The molecule has 0 aliphatic rings. The van der Waals surface area contributed by atoms with E-state index in [1.165, 1.54) is 0 Å². The Balaban J connectivity index is 0. The van der Waals surface area contributed by atoms with Gasteiger partial charge in [-0.2, -0.15) is 0 Å². The molecule has 0 unspecified atom stereocenters. The minimum absolute atomic E-state index is 0. The van der Waals surface area contributed by atoms with E-state index in [9.17, 15) is 9.90 Å². The second-order valence-corrected chi connectivity index (χ2v) is 1.07. The number of nitrogens with one attached hydrogen (secondary N) is 1. The Morgan fingerprint density at radius 2 is 2.12 bits per heavy atom. The second-order valence-electron chi connectivity index (χ2n) is 1.07. The Hall–Kier alpha value is 0.745. The van der Waals surface area contributed by atoms with Crippen LogP contribution in [-0.2, 0) is 4.79 Å². The monoisotopic (exact) mass is 186 g/mol. The number of nitrogens with two attached hydrogens (primary N) is 1. The zero-order valence-electron chi connectivity index (χ0n) is 4.60. The summed E-state index contributed by atoms with van der Waals surface area (Å²) in [5.41, 5.74) is 4.66. The Morgan fingerprint density at radius 3 is 2.12 bits per heavy atom. The van der Waals surface area contributed by atoms with E-state index in [0.717, 1.165) is 0 Å². The molecule has 0 heterocycles. The number of hydrogen-bond acceptors (Lipinski definition) is 3. The average molecular weight is 187 g/mol. The zero-order chi connectivity index (χ0) is 5.86. The predicted molar refractivity (Wildman–Crippen MR) is 21.5 cm³/mol. The van der Waals surface area contributed by atoms with Crippen molar-refractivity contribution in [2.24, 2.45) is 5.73 Å². The van der Waals surface area contributed by atoms with Gasteiger partial charge in [-0.15, -0.1) is 0 Å². The largest absolute Gasteiger partial charge is 1.00 e. The van der Waals surface area contributed by atoms with E-state index >= 15 is 0 Å². The number of carboxylic acids is 1. The molecule has 0 saturated carbocycles. The maximum Gasteiger partial charge on any atom is 1.00 e. The average Bonchev–Trinajstić information content (AvgIpc) is 1.27. The molecular formula is C3H5N2O2Rb. The Bertz CT molecular complexity index is 91.5. The van der Waals surface area contributed by atoms with E-state index in [1.807, 2.05) is 0 Å². The number of carbonyl (C=O) groups is 1. The Kier molecular flexibility index (Phi) is 8.47. The first-order valence-corrected chi connectivity index (χ1v) is 1.65. The van der Waals surface area contributed by atoms with E-state index in [2.05, 4.69) is 5.73 Å². The van der Waals surface area contributed by atoms with Gasteiger partial charge in [0.2, 0.25) is 0 Å². The molecule has 3 N–H and O–H groups in total. The van der Waals surface area contributed by atoms with E-state index in [4.69, 9.17) is 5.41 Å². The Morgan fingerprint density at radius 1 is 1.75 bits per heavy atom. The van der Waals surface area contributed by atoms with Gasteiger partial charge in [0.1, 0.15) is 0 Å². The molecule has 0 spiro atoms. The van der Waals surface area contributed by atoms with Gasteiger partial charge in [-0.3, -0.25) is 5.41 Å². The summed E-state index contributed by atoms with van der Waals surface area (Å²) < 4.78 is 0. The van der Waals surface area contributed by atoms with Crippen LogP contribution in [0.25, 0.3) is 0 Å². The standard InChI is InChI=1S/C3H6N2O2.Rb/c4-2(5)1-3(6)7;/h1H2,(H3,4,5)(H,6,7);/q;+1/p-1. The number of hydrogen-bond donors (Lipinski definition) is 2. The molecule has 0 fully saturated rings. The van der Waals surface area contributed by atoms with Crippen molar-refractivity contribution < 1.29 is 68.1 Å². The molecule has 0 aliphatic heterocycles. The third kappa shape index (κ3) is 9.89. The molecule has 0 rings (SSSR count). The van der Waals surface area contributed by atoms with Gasteiger partial charge >= 0.3 is 58.2 Å². The smallest absolute Gasteiger partial charge is 0.550 e. The minimum Gasteiger partial charge on any atom is -0.550 e. The molecule has 0 radical (unpaired) electrons. The maximum atomic E-state index is 9.48. The molecule has 0 aliphatic carbocycles. The zero-order valence-corrected chi connectivity index (χ0v) is 9.52. The molecule has 0 aromatic heterocycles. The van der Waals surface area contributed by atoms with Crippen LogP contribution in [0, 0.1) is 5.41 Å². The van der Waals surface area contributed by atoms with Gasteiger partial charge in [-0.1, -0.05) is 0 Å². The third-order valence-electron chi connectivity index (χ3n) is 0.335. The molecule has 4 nitrogen and oxygen atoms in total. The van der Waals surface area contributed by atoms with Gasteiger partial charge in [0.25, 0.3) is 0 Å². The summed E-state index contributed by atoms with van der Waals surface area (Å²) in [5.74, 6) is -1.69. The topological polar surface area (TPSA) is 90.0 Å². The fourth-order valence-electron chi connectivity index (χ4n) is 0.156. The van der Waals surface area contributed by atoms with Gasteiger partial charge < -0.3 is 15.6 Å². The molecule has 0 aromatic rings.